The third-order valence-corrected chi connectivity index (χ3v) is 5.46. The number of non-ortho nitro benzene ring substituents is 1. The summed E-state index contributed by atoms with van der Waals surface area (Å²) in [4.78, 5) is 49.9. The lowest BCUT2D eigenvalue weighted by Gasteiger charge is -2.22. The Bertz CT molecular complexity index is 1060. The molecule has 2 saturated heterocycles. The van der Waals surface area contributed by atoms with Crippen molar-refractivity contribution in [2.45, 2.75) is 12.1 Å². The Morgan fingerprint density at radius 2 is 1.80 bits per heavy atom. The number of anilines is 1. The number of esters is 1. The predicted molar refractivity (Wildman–Crippen MR) is 101 cm³/mol. The van der Waals surface area contributed by atoms with Crippen molar-refractivity contribution in [3.8, 4) is 0 Å². The first kappa shape index (κ1) is 19.6. The van der Waals surface area contributed by atoms with Gasteiger partial charge in [-0.1, -0.05) is 18.2 Å². The Hall–Kier alpha value is -3.66. The second kappa shape index (κ2) is 7.30. The number of nitrogens with one attached hydrogen (secondary N) is 1. The zero-order chi connectivity index (χ0) is 21.6. The summed E-state index contributed by atoms with van der Waals surface area (Å²) in [5.41, 5.74) is 0.447. The van der Waals surface area contributed by atoms with Crippen LogP contribution in [0.5, 0.6) is 0 Å². The monoisotopic (exact) mass is 413 g/mol. The van der Waals surface area contributed by atoms with E-state index in [0.717, 1.165) is 11.0 Å². The molecule has 0 unspecified atom stereocenters. The molecule has 0 radical (unpaired) electrons. The fraction of sp³-hybridized carbons (Fsp3) is 0.250. The lowest BCUT2D eigenvalue weighted by molar-refractivity contribution is -0.384. The maximum Gasteiger partial charge on any atom is 0.323 e. The van der Waals surface area contributed by atoms with Gasteiger partial charge in [-0.3, -0.25) is 29.8 Å². The highest BCUT2D eigenvalue weighted by Crippen LogP contribution is 2.45. The van der Waals surface area contributed by atoms with Gasteiger partial charge in [0.25, 0.3) is 5.69 Å². The highest BCUT2D eigenvalue weighted by Gasteiger charge is 2.61. The minimum Gasteiger partial charge on any atom is -0.468 e. The molecular formula is C20H16FN3O6. The number of methoxy groups -OCH3 is 1. The normalized spacial score (nSPS) is 25.3. The SMILES string of the molecule is COC(=O)[C@@H]1N[C@H](c2ccc([N+](=O)[O-])cc2)[C@@H]2C(=O)N(c3cccc(F)c3)C(=O)[C@@H]21. The average molecular weight is 413 g/mol. The van der Waals surface area contributed by atoms with Gasteiger partial charge < -0.3 is 4.74 Å². The maximum atomic E-state index is 13.7. The number of halogens is 1. The van der Waals surface area contributed by atoms with Gasteiger partial charge in [0, 0.05) is 18.2 Å². The molecule has 0 bridgehead atoms. The first-order chi connectivity index (χ1) is 14.3. The van der Waals surface area contributed by atoms with Crippen molar-refractivity contribution in [2.75, 3.05) is 12.0 Å². The second-order valence-corrected chi connectivity index (χ2v) is 7.04. The van der Waals surface area contributed by atoms with E-state index in [1.54, 1.807) is 0 Å². The number of amides is 2. The Labute approximate surface area is 169 Å². The van der Waals surface area contributed by atoms with Crippen LogP contribution < -0.4 is 10.2 Å². The van der Waals surface area contributed by atoms with Crippen molar-refractivity contribution in [1.29, 1.82) is 0 Å². The minimum atomic E-state index is -1.09. The fourth-order valence-electron chi connectivity index (χ4n) is 4.13. The number of carbonyl (C=O) groups excluding carboxylic acids is 3. The zero-order valence-corrected chi connectivity index (χ0v) is 15.7. The summed E-state index contributed by atoms with van der Waals surface area (Å²) in [6.07, 6.45) is 0. The molecule has 0 saturated carbocycles. The molecule has 0 spiro atoms. The van der Waals surface area contributed by atoms with E-state index >= 15 is 0 Å². The van der Waals surface area contributed by atoms with Gasteiger partial charge in [0.1, 0.15) is 11.9 Å². The highest BCUT2D eigenvalue weighted by molar-refractivity contribution is 6.23. The van der Waals surface area contributed by atoms with Crippen molar-refractivity contribution < 1.29 is 28.4 Å². The molecule has 2 aromatic rings. The molecule has 4 rings (SSSR count). The minimum absolute atomic E-state index is 0.0745. The summed E-state index contributed by atoms with van der Waals surface area (Å²) in [5, 5.41) is 13.9. The van der Waals surface area contributed by atoms with Gasteiger partial charge in [0.2, 0.25) is 11.8 Å². The molecule has 2 aromatic carbocycles. The molecule has 9 nitrogen and oxygen atoms in total. The van der Waals surface area contributed by atoms with E-state index in [9.17, 15) is 28.9 Å². The molecule has 2 amide bonds. The summed E-state index contributed by atoms with van der Waals surface area (Å²) in [6, 6.07) is 8.72. The standard InChI is InChI=1S/C20H16FN3O6/c1-30-20(27)17-15-14(16(22-17)10-5-7-12(8-6-10)24(28)29)18(25)23(19(15)26)13-4-2-3-11(21)9-13/h2-9,14-17,22H,1H3/t14-,15+,16-,17-/m1/s1. The van der Waals surface area contributed by atoms with Crippen LogP contribution in [0, 0.1) is 27.8 Å². The van der Waals surface area contributed by atoms with Crippen LogP contribution in [0.25, 0.3) is 0 Å². The van der Waals surface area contributed by atoms with E-state index in [1.165, 1.54) is 49.6 Å². The van der Waals surface area contributed by atoms with Gasteiger partial charge in [0.15, 0.2) is 0 Å². The van der Waals surface area contributed by atoms with Crippen molar-refractivity contribution in [3.63, 3.8) is 0 Å². The third-order valence-electron chi connectivity index (χ3n) is 5.46. The van der Waals surface area contributed by atoms with Crippen LogP contribution in [-0.2, 0) is 19.1 Å². The van der Waals surface area contributed by atoms with E-state index in [4.69, 9.17) is 4.74 Å². The topological polar surface area (TPSA) is 119 Å². The smallest absolute Gasteiger partial charge is 0.323 e. The van der Waals surface area contributed by atoms with E-state index < -0.39 is 52.4 Å². The predicted octanol–water partition coefficient (Wildman–Crippen LogP) is 1.73. The van der Waals surface area contributed by atoms with Crippen LogP contribution in [0.4, 0.5) is 15.8 Å². The van der Waals surface area contributed by atoms with Crippen LogP contribution in [0.3, 0.4) is 0 Å². The van der Waals surface area contributed by atoms with E-state index in [2.05, 4.69) is 5.32 Å². The lowest BCUT2D eigenvalue weighted by Crippen LogP contribution is -2.43. The van der Waals surface area contributed by atoms with E-state index in [-0.39, 0.29) is 11.4 Å². The number of hydrogen-bond acceptors (Lipinski definition) is 7. The molecule has 10 heteroatoms. The molecule has 1 N–H and O–H groups in total. The van der Waals surface area contributed by atoms with Crippen molar-refractivity contribution in [2.24, 2.45) is 11.8 Å². The Morgan fingerprint density at radius 1 is 1.13 bits per heavy atom. The number of carbonyl (C=O) groups is 3. The van der Waals surface area contributed by atoms with Gasteiger partial charge >= 0.3 is 5.97 Å². The van der Waals surface area contributed by atoms with Crippen LogP contribution in [-0.4, -0.2) is 35.9 Å². The molecule has 4 atom stereocenters. The second-order valence-electron chi connectivity index (χ2n) is 7.04. The van der Waals surface area contributed by atoms with Crippen LogP contribution >= 0.6 is 0 Å². The van der Waals surface area contributed by atoms with Crippen molar-refractivity contribution in [3.05, 3.63) is 70.0 Å². The molecule has 2 heterocycles. The quantitative estimate of drug-likeness (QED) is 0.351. The Morgan fingerprint density at radius 3 is 2.40 bits per heavy atom. The lowest BCUT2D eigenvalue weighted by atomic mass is 9.86. The van der Waals surface area contributed by atoms with E-state index in [0.29, 0.717) is 5.56 Å². The first-order valence-electron chi connectivity index (χ1n) is 9.05. The van der Waals surface area contributed by atoms with Gasteiger partial charge in [-0.05, 0) is 23.8 Å². The van der Waals surface area contributed by atoms with Crippen molar-refractivity contribution in [1.82, 2.24) is 5.32 Å². The van der Waals surface area contributed by atoms with E-state index in [1.807, 2.05) is 0 Å². The first-order valence-corrected chi connectivity index (χ1v) is 9.05. The van der Waals surface area contributed by atoms with Crippen LogP contribution in [0.1, 0.15) is 11.6 Å². The maximum absolute atomic E-state index is 13.7. The number of fused-ring (bicyclic) bond motifs is 1. The number of rotatable bonds is 4. The van der Waals surface area contributed by atoms with Gasteiger partial charge in [-0.2, -0.15) is 0 Å². The van der Waals surface area contributed by atoms with Gasteiger partial charge in [-0.15, -0.1) is 0 Å². The Balaban J connectivity index is 1.75. The molecule has 2 aliphatic rings. The highest BCUT2D eigenvalue weighted by atomic mass is 19.1. The molecule has 2 fully saturated rings. The molecule has 30 heavy (non-hydrogen) atoms. The number of nitro benzene ring substituents is 1. The number of ether oxygens (including phenoxy) is 1. The van der Waals surface area contributed by atoms with Gasteiger partial charge in [0.05, 0.1) is 29.6 Å². The summed E-state index contributed by atoms with van der Waals surface area (Å²) in [5.74, 6) is -4.54. The summed E-state index contributed by atoms with van der Waals surface area (Å²) in [7, 11) is 1.17. The average Bonchev–Trinajstić information content (AvgIpc) is 3.24. The molecule has 0 aliphatic carbocycles. The zero-order valence-electron chi connectivity index (χ0n) is 15.7. The van der Waals surface area contributed by atoms with Crippen LogP contribution in [0.2, 0.25) is 0 Å². The van der Waals surface area contributed by atoms with Gasteiger partial charge in [-0.25, -0.2) is 9.29 Å². The fourth-order valence-corrected chi connectivity index (χ4v) is 4.13. The van der Waals surface area contributed by atoms with Crippen molar-refractivity contribution >= 4 is 29.2 Å². The number of benzene rings is 2. The summed E-state index contributed by atoms with van der Waals surface area (Å²) >= 11 is 0. The number of nitrogens with zero attached hydrogens (tertiary/aromatic N) is 2. The third kappa shape index (κ3) is 3.01. The summed E-state index contributed by atoms with van der Waals surface area (Å²) in [6.45, 7) is 0. The number of imide groups is 1. The number of nitro groups is 1. The molecular weight excluding hydrogens is 397 g/mol. The van der Waals surface area contributed by atoms with Crippen LogP contribution in [0.15, 0.2) is 48.5 Å². The summed E-state index contributed by atoms with van der Waals surface area (Å²) < 4.78 is 18.5. The largest absolute Gasteiger partial charge is 0.468 e. The molecule has 2 aliphatic heterocycles. The molecule has 0 aromatic heterocycles. The molecule has 154 valence electrons. The Kier molecular flexibility index (Phi) is 4.78. The number of hydrogen-bond donors (Lipinski definition) is 1.